The second kappa shape index (κ2) is 6.94. The van der Waals surface area contributed by atoms with Crippen molar-refractivity contribution in [2.75, 3.05) is 13.2 Å². The summed E-state index contributed by atoms with van der Waals surface area (Å²) in [6.07, 6.45) is -4.44. The van der Waals surface area contributed by atoms with Crippen LogP contribution in [0.1, 0.15) is 0 Å². The number of hydrogen-bond acceptors (Lipinski definition) is 2. The summed E-state index contributed by atoms with van der Waals surface area (Å²) in [5, 5.41) is 1.71. The molecule has 0 radical (unpaired) electrons. The Labute approximate surface area is 132 Å². The Morgan fingerprint density at radius 2 is 1.74 bits per heavy atom. The minimum atomic E-state index is -4.44. The monoisotopic (exact) mass is 467 g/mol. The van der Waals surface area contributed by atoms with Gasteiger partial charge in [0.1, 0.15) is 12.3 Å². The zero-order chi connectivity index (χ0) is 14.6. The molecule has 1 rings (SSSR count). The Kier molecular flexibility index (Phi) is 6.13. The Balaban J connectivity index is 2.56. The van der Waals surface area contributed by atoms with Crippen LogP contribution in [0.25, 0.3) is 0 Å². The molecular formula is C10H7Br3F3NO2. The zero-order valence-corrected chi connectivity index (χ0v) is 13.9. The van der Waals surface area contributed by atoms with Crippen LogP contribution in [0.4, 0.5) is 13.2 Å². The van der Waals surface area contributed by atoms with Crippen LogP contribution < -0.4 is 10.1 Å². The molecule has 1 amide bonds. The van der Waals surface area contributed by atoms with E-state index in [0.29, 0.717) is 14.7 Å². The van der Waals surface area contributed by atoms with Crippen LogP contribution in [0.5, 0.6) is 5.75 Å². The second-order valence-electron chi connectivity index (χ2n) is 3.38. The van der Waals surface area contributed by atoms with E-state index < -0.39 is 25.2 Å². The maximum atomic E-state index is 11.9. The molecule has 1 N–H and O–H groups in total. The summed E-state index contributed by atoms with van der Waals surface area (Å²) in [6, 6.07) is 3.38. The molecule has 0 spiro atoms. The fourth-order valence-corrected chi connectivity index (χ4v) is 3.54. The van der Waals surface area contributed by atoms with E-state index in [2.05, 4.69) is 47.8 Å². The van der Waals surface area contributed by atoms with E-state index in [1.807, 2.05) is 0 Å². The van der Waals surface area contributed by atoms with E-state index in [9.17, 15) is 18.0 Å². The van der Waals surface area contributed by atoms with Crippen LogP contribution in [0.2, 0.25) is 0 Å². The van der Waals surface area contributed by atoms with Gasteiger partial charge < -0.3 is 10.1 Å². The summed E-state index contributed by atoms with van der Waals surface area (Å²) in [4.78, 5) is 11.2. The van der Waals surface area contributed by atoms with Crippen LogP contribution in [-0.4, -0.2) is 25.2 Å². The van der Waals surface area contributed by atoms with Crippen LogP contribution in [0.15, 0.2) is 25.6 Å². The van der Waals surface area contributed by atoms with Crippen molar-refractivity contribution < 1.29 is 22.7 Å². The smallest absolute Gasteiger partial charge is 0.405 e. The molecule has 0 heterocycles. The van der Waals surface area contributed by atoms with E-state index in [1.54, 1.807) is 17.4 Å². The maximum absolute atomic E-state index is 11.9. The van der Waals surface area contributed by atoms with E-state index in [-0.39, 0.29) is 0 Å². The molecule has 0 bridgehead atoms. The lowest BCUT2D eigenvalue weighted by atomic mass is 10.3. The molecule has 0 saturated heterocycles. The quantitative estimate of drug-likeness (QED) is 0.723. The van der Waals surface area contributed by atoms with Gasteiger partial charge in [0.25, 0.3) is 5.91 Å². The van der Waals surface area contributed by atoms with Gasteiger partial charge in [0, 0.05) is 4.47 Å². The van der Waals surface area contributed by atoms with Gasteiger partial charge in [-0.2, -0.15) is 13.2 Å². The SMILES string of the molecule is O=C(COc1c(Br)cc(Br)cc1Br)NCC(F)(F)F. The van der Waals surface area contributed by atoms with Gasteiger partial charge >= 0.3 is 6.18 Å². The molecule has 1 aromatic carbocycles. The fraction of sp³-hybridized carbons (Fsp3) is 0.300. The third-order valence-electron chi connectivity index (χ3n) is 1.80. The van der Waals surface area contributed by atoms with Crippen molar-refractivity contribution in [3.8, 4) is 5.75 Å². The molecule has 0 aliphatic rings. The van der Waals surface area contributed by atoms with Gasteiger partial charge in [-0.25, -0.2) is 0 Å². The van der Waals surface area contributed by atoms with Gasteiger partial charge in [-0.1, -0.05) is 15.9 Å². The highest BCUT2D eigenvalue weighted by atomic mass is 79.9. The summed E-state index contributed by atoms with van der Waals surface area (Å²) in [5.74, 6) is -0.510. The first-order valence-electron chi connectivity index (χ1n) is 4.80. The van der Waals surface area contributed by atoms with Crippen molar-refractivity contribution in [1.82, 2.24) is 5.32 Å². The minimum absolute atomic E-state index is 0.338. The second-order valence-corrected chi connectivity index (χ2v) is 6.00. The zero-order valence-electron chi connectivity index (χ0n) is 9.15. The molecule has 0 aromatic heterocycles. The first kappa shape index (κ1) is 16.8. The summed E-state index contributed by atoms with van der Waals surface area (Å²) < 4.78 is 42.7. The molecule has 0 unspecified atom stereocenters. The molecular weight excluding hydrogens is 463 g/mol. The van der Waals surface area contributed by atoms with Gasteiger partial charge in [0.2, 0.25) is 0 Å². The summed E-state index contributed by atoms with van der Waals surface area (Å²) in [7, 11) is 0. The first-order chi connectivity index (χ1) is 8.69. The molecule has 0 saturated carbocycles. The van der Waals surface area contributed by atoms with Crippen molar-refractivity contribution in [1.29, 1.82) is 0 Å². The molecule has 0 aliphatic carbocycles. The first-order valence-corrected chi connectivity index (χ1v) is 7.18. The topological polar surface area (TPSA) is 38.3 Å². The van der Waals surface area contributed by atoms with Crippen molar-refractivity contribution in [3.05, 3.63) is 25.6 Å². The summed E-state index contributed by atoms with van der Waals surface area (Å²) in [5.41, 5.74) is 0. The number of amides is 1. The number of halogens is 6. The Morgan fingerprint density at radius 3 is 2.21 bits per heavy atom. The normalized spacial score (nSPS) is 11.3. The van der Waals surface area contributed by atoms with Gasteiger partial charge in [-0.3, -0.25) is 4.79 Å². The summed E-state index contributed by atoms with van der Waals surface area (Å²) >= 11 is 9.70. The fourth-order valence-electron chi connectivity index (χ4n) is 1.05. The predicted molar refractivity (Wildman–Crippen MR) is 74.1 cm³/mol. The number of hydrogen-bond donors (Lipinski definition) is 1. The lowest BCUT2D eigenvalue weighted by molar-refractivity contribution is -0.139. The predicted octanol–water partition coefficient (Wildman–Crippen LogP) is 4.03. The number of alkyl halides is 3. The number of nitrogens with one attached hydrogen (secondary N) is 1. The number of benzene rings is 1. The molecule has 9 heteroatoms. The van der Waals surface area contributed by atoms with Gasteiger partial charge in [-0.05, 0) is 44.0 Å². The molecule has 0 aliphatic heterocycles. The minimum Gasteiger partial charge on any atom is -0.481 e. The highest BCUT2D eigenvalue weighted by molar-refractivity contribution is 9.11. The molecule has 19 heavy (non-hydrogen) atoms. The number of carbonyl (C=O) groups is 1. The highest BCUT2D eigenvalue weighted by Gasteiger charge is 2.27. The lowest BCUT2D eigenvalue weighted by Gasteiger charge is -2.12. The van der Waals surface area contributed by atoms with Gasteiger partial charge in [0.15, 0.2) is 6.61 Å². The average Bonchev–Trinajstić information content (AvgIpc) is 2.23. The Morgan fingerprint density at radius 1 is 1.21 bits per heavy atom. The lowest BCUT2D eigenvalue weighted by Crippen LogP contribution is -2.36. The highest BCUT2D eigenvalue weighted by Crippen LogP contribution is 2.36. The van der Waals surface area contributed by atoms with Crippen molar-refractivity contribution in [3.63, 3.8) is 0 Å². The van der Waals surface area contributed by atoms with Crippen molar-refractivity contribution >= 4 is 53.7 Å². The number of rotatable bonds is 4. The van der Waals surface area contributed by atoms with Crippen molar-refractivity contribution in [2.24, 2.45) is 0 Å². The van der Waals surface area contributed by atoms with E-state index in [1.165, 1.54) is 0 Å². The van der Waals surface area contributed by atoms with Gasteiger partial charge in [-0.15, -0.1) is 0 Å². The molecule has 1 aromatic rings. The standard InChI is InChI=1S/C10H7Br3F3NO2/c11-5-1-6(12)9(7(13)2-5)19-3-8(18)17-4-10(14,15)16/h1-2H,3-4H2,(H,17,18). The van der Waals surface area contributed by atoms with Crippen LogP contribution in [0.3, 0.4) is 0 Å². The largest absolute Gasteiger partial charge is 0.481 e. The van der Waals surface area contributed by atoms with Gasteiger partial charge in [0.05, 0.1) is 8.95 Å². The van der Waals surface area contributed by atoms with E-state index >= 15 is 0 Å². The maximum Gasteiger partial charge on any atom is 0.405 e. The number of ether oxygens (including phenoxy) is 1. The molecule has 106 valence electrons. The third-order valence-corrected chi connectivity index (χ3v) is 3.43. The summed E-state index contributed by atoms with van der Waals surface area (Å²) in [6.45, 7) is -1.88. The van der Waals surface area contributed by atoms with E-state index in [4.69, 9.17) is 4.74 Å². The third kappa shape index (κ3) is 6.13. The van der Waals surface area contributed by atoms with Crippen molar-refractivity contribution in [2.45, 2.75) is 6.18 Å². The average molecular weight is 470 g/mol. The molecule has 3 nitrogen and oxygen atoms in total. The van der Waals surface area contributed by atoms with Crippen LogP contribution in [0, 0.1) is 0 Å². The van der Waals surface area contributed by atoms with E-state index in [0.717, 1.165) is 4.47 Å². The Bertz CT molecular complexity index is 457. The molecule has 0 atom stereocenters. The van der Waals surface area contributed by atoms with Crippen LogP contribution >= 0.6 is 47.8 Å². The molecule has 0 fully saturated rings. The Hall–Kier alpha value is -0.280. The number of carbonyl (C=O) groups excluding carboxylic acids is 1. The van der Waals surface area contributed by atoms with Crippen LogP contribution in [-0.2, 0) is 4.79 Å².